The summed E-state index contributed by atoms with van der Waals surface area (Å²) in [7, 11) is 0. The molecule has 0 spiro atoms. The average Bonchev–Trinajstić information content (AvgIpc) is 2.37. The molecule has 0 fully saturated rings. The lowest BCUT2D eigenvalue weighted by molar-refractivity contribution is 0.629. The van der Waals surface area contributed by atoms with Crippen LogP contribution in [0.1, 0.15) is 36.5 Å². The van der Waals surface area contributed by atoms with Gasteiger partial charge in [0.2, 0.25) is 0 Å². The van der Waals surface area contributed by atoms with E-state index in [1.807, 2.05) is 0 Å². The quantitative estimate of drug-likeness (QED) is 0.922. The SMILES string of the molecule is Cc1ccc(Cc2nc(N)c(Br)c(CC(C)C)n2)cc1. The molecule has 1 aromatic carbocycles. The highest BCUT2D eigenvalue weighted by Gasteiger charge is 2.12. The van der Waals surface area contributed by atoms with Gasteiger partial charge < -0.3 is 5.73 Å². The lowest BCUT2D eigenvalue weighted by Crippen LogP contribution is -2.08. The van der Waals surface area contributed by atoms with Crippen molar-refractivity contribution in [2.75, 3.05) is 5.73 Å². The molecular weight excluding hydrogens is 314 g/mol. The van der Waals surface area contributed by atoms with Crippen molar-refractivity contribution in [1.82, 2.24) is 9.97 Å². The van der Waals surface area contributed by atoms with E-state index in [1.54, 1.807) is 0 Å². The van der Waals surface area contributed by atoms with Crippen LogP contribution in [0.15, 0.2) is 28.7 Å². The number of aryl methyl sites for hydroxylation is 1. The second-order valence-corrected chi connectivity index (χ2v) is 6.34. The first-order valence-corrected chi connectivity index (χ1v) is 7.61. The molecule has 0 amide bonds. The zero-order valence-electron chi connectivity index (χ0n) is 12.2. The lowest BCUT2D eigenvalue weighted by Gasteiger charge is -2.11. The minimum absolute atomic E-state index is 0.526. The Hall–Kier alpha value is -1.42. The standard InChI is InChI=1S/C16H20BrN3/c1-10(2)8-13-15(17)16(18)20-14(19-13)9-12-6-4-11(3)5-7-12/h4-7,10H,8-9H2,1-3H3,(H2,18,19,20). The smallest absolute Gasteiger partial charge is 0.141 e. The van der Waals surface area contributed by atoms with E-state index in [2.05, 4.69) is 70.9 Å². The van der Waals surface area contributed by atoms with E-state index in [-0.39, 0.29) is 0 Å². The molecule has 1 aromatic heterocycles. The topological polar surface area (TPSA) is 51.8 Å². The van der Waals surface area contributed by atoms with Gasteiger partial charge in [0, 0.05) is 6.42 Å². The molecule has 0 saturated carbocycles. The predicted octanol–water partition coefficient (Wildman–Crippen LogP) is 3.92. The van der Waals surface area contributed by atoms with Gasteiger partial charge in [0.25, 0.3) is 0 Å². The summed E-state index contributed by atoms with van der Waals surface area (Å²) in [5.41, 5.74) is 9.43. The molecule has 0 atom stereocenters. The Morgan fingerprint density at radius 1 is 1.15 bits per heavy atom. The Morgan fingerprint density at radius 2 is 1.80 bits per heavy atom. The molecule has 2 N–H and O–H groups in total. The van der Waals surface area contributed by atoms with E-state index in [4.69, 9.17) is 5.73 Å². The molecule has 0 aliphatic carbocycles. The van der Waals surface area contributed by atoms with Crippen molar-refractivity contribution in [1.29, 1.82) is 0 Å². The van der Waals surface area contributed by atoms with Crippen LogP contribution in [-0.4, -0.2) is 9.97 Å². The summed E-state index contributed by atoms with van der Waals surface area (Å²) in [6.07, 6.45) is 1.61. The Labute approximate surface area is 128 Å². The summed E-state index contributed by atoms with van der Waals surface area (Å²) < 4.78 is 0.832. The molecule has 0 radical (unpaired) electrons. The van der Waals surface area contributed by atoms with Crippen LogP contribution in [-0.2, 0) is 12.8 Å². The van der Waals surface area contributed by atoms with Crippen molar-refractivity contribution >= 4 is 21.7 Å². The molecule has 0 unspecified atom stereocenters. The third kappa shape index (κ3) is 3.79. The zero-order chi connectivity index (χ0) is 14.7. The molecule has 0 bridgehead atoms. The number of nitrogens with zero attached hydrogens (tertiary/aromatic N) is 2. The molecular formula is C16H20BrN3. The molecule has 3 nitrogen and oxygen atoms in total. The van der Waals surface area contributed by atoms with Gasteiger partial charge >= 0.3 is 0 Å². The van der Waals surface area contributed by atoms with Crippen molar-refractivity contribution in [3.63, 3.8) is 0 Å². The molecule has 106 valence electrons. The van der Waals surface area contributed by atoms with Gasteiger partial charge in [-0.15, -0.1) is 0 Å². The molecule has 2 rings (SSSR count). The fourth-order valence-electron chi connectivity index (χ4n) is 2.06. The molecule has 2 aromatic rings. The van der Waals surface area contributed by atoms with E-state index >= 15 is 0 Å². The predicted molar refractivity (Wildman–Crippen MR) is 86.7 cm³/mol. The van der Waals surface area contributed by atoms with E-state index in [9.17, 15) is 0 Å². The zero-order valence-corrected chi connectivity index (χ0v) is 13.7. The number of rotatable bonds is 4. The minimum atomic E-state index is 0.526. The second-order valence-electron chi connectivity index (χ2n) is 5.55. The van der Waals surface area contributed by atoms with Crippen LogP contribution in [0.5, 0.6) is 0 Å². The Morgan fingerprint density at radius 3 is 2.40 bits per heavy atom. The van der Waals surface area contributed by atoms with E-state index < -0.39 is 0 Å². The average molecular weight is 334 g/mol. The van der Waals surface area contributed by atoms with Gasteiger partial charge in [0.05, 0.1) is 10.2 Å². The number of nitrogens with two attached hydrogens (primary N) is 1. The first-order chi connectivity index (χ1) is 9.45. The normalized spacial score (nSPS) is 11.1. The Bertz CT molecular complexity index is 591. The molecule has 0 aliphatic rings. The van der Waals surface area contributed by atoms with Gasteiger partial charge in [-0.1, -0.05) is 43.7 Å². The highest BCUT2D eigenvalue weighted by Crippen LogP contribution is 2.24. The van der Waals surface area contributed by atoms with E-state index in [0.29, 0.717) is 18.2 Å². The number of hydrogen-bond acceptors (Lipinski definition) is 3. The summed E-state index contributed by atoms with van der Waals surface area (Å²) in [6.45, 7) is 6.42. The number of halogens is 1. The van der Waals surface area contributed by atoms with Gasteiger partial charge in [-0.3, -0.25) is 0 Å². The lowest BCUT2D eigenvalue weighted by atomic mass is 10.1. The van der Waals surface area contributed by atoms with Crippen molar-refractivity contribution < 1.29 is 0 Å². The number of anilines is 1. The summed E-state index contributed by atoms with van der Waals surface area (Å²) in [6, 6.07) is 8.43. The Kier molecular flexibility index (Phi) is 4.76. The molecule has 20 heavy (non-hydrogen) atoms. The third-order valence-corrected chi connectivity index (χ3v) is 3.94. The van der Waals surface area contributed by atoms with Gasteiger partial charge in [-0.25, -0.2) is 9.97 Å². The Balaban J connectivity index is 2.27. The van der Waals surface area contributed by atoms with Crippen LogP contribution < -0.4 is 5.73 Å². The number of benzene rings is 1. The first-order valence-electron chi connectivity index (χ1n) is 6.82. The van der Waals surface area contributed by atoms with Crippen LogP contribution >= 0.6 is 15.9 Å². The summed E-state index contributed by atoms with van der Waals surface area (Å²) >= 11 is 3.49. The van der Waals surface area contributed by atoms with Gasteiger partial charge in [-0.05, 0) is 40.8 Å². The summed E-state index contributed by atoms with van der Waals surface area (Å²) in [4.78, 5) is 9.03. The first kappa shape index (κ1) is 15.0. The fourth-order valence-corrected chi connectivity index (χ4v) is 2.39. The van der Waals surface area contributed by atoms with E-state index in [1.165, 1.54) is 11.1 Å². The van der Waals surface area contributed by atoms with Crippen LogP contribution in [0.4, 0.5) is 5.82 Å². The number of aromatic nitrogens is 2. The van der Waals surface area contributed by atoms with Gasteiger partial charge in [-0.2, -0.15) is 0 Å². The third-order valence-electron chi connectivity index (χ3n) is 3.08. The van der Waals surface area contributed by atoms with Crippen molar-refractivity contribution in [3.8, 4) is 0 Å². The van der Waals surface area contributed by atoms with E-state index in [0.717, 1.165) is 22.4 Å². The fraction of sp³-hybridized carbons (Fsp3) is 0.375. The minimum Gasteiger partial charge on any atom is -0.383 e. The monoisotopic (exact) mass is 333 g/mol. The van der Waals surface area contributed by atoms with Gasteiger partial charge in [0.1, 0.15) is 11.6 Å². The van der Waals surface area contributed by atoms with Crippen molar-refractivity contribution in [2.24, 2.45) is 5.92 Å². The molecule has 1 heterocycles. The summed E-state index contributed by atoms with van der Waals surface area (Å²) in [5, 5.41) is 0. The van der Waals surface area contributed by atoms with Crippen LogP contribution in [0.25, 0.3) is 0 Å². The molecule has 4 heteroatoms. The number of nitrogen functional groups attached to an aromatic ring is 1. The van der Waals surface area contributed by atoms with Crippen molar-refractivity contribution in [3.05, 3.63) is 51.4 Å². The van der Waals surface area contributed by atoms with Crippen LogP contribution in [0.3, 0.4) is 0 Å². The van der Waals surface area contributed by atoms with Crippen molar-refractivity contribution in [2.45, 2.75) is 33.6 Å². The molecule has 0 aliphatic heterocycles. The highest BCUT2D eigenvalue weighted by atomic mass is 79.9. The maximum atomic E-state index is 5.98. The van der Waals surface area contributed by atoms with Crippen LogP contribution in [0, 0.1) is 12.8 Å². The second kappa shape index (κ2) is 6.35. The maximum Gasteiger partial charge on any atom is 0.141 e. The summed E-state index contributed by atoms with van der Waals surface area (Å²) in [5.74, 6) is 1.84. The number of hydrogen-bond donors (Lipinski definition) is 1. The highest BCUT2D eigenvalue weighted by molar-refractivity contribution is 9.10. The maximum absolute atomic E-state index is 5.98. The molecule has 0 saturated heterocycles. The van der Waals surface area contributed by atoms with Gasteiger partial charge in [0.15, 0.2) is 0 Å². The van der Waals surface area contributed by atoms with Crippen LogP contribution in [0.2, 0.25) is 0 Å². The largest absolute Gasteiger partial charge is 0.383 e.